The van der Waals surface area contributed by atoms with Gasteiger partial charge in [0, 0.05) is 6.04 Å². The van der Waals surface area contributed by atoms with Crippen LogP contribution in [-0.4, -0.2) is 12.6 Å². The second-order valence-electron chi connectivity index (χ2n) is 6.05. The fraction of sp³-hybridized carbons (Fsp3) is 1.00. The lowest BCUT2D eigenvalue weighted by Gasteiger charge is -2.21. The smallest absolute Gasteiger partial charge is 0.00671 e. The first-order valence-electron chi connectivity index (χ1n) is 7.62. The lowest BCUT2D eigenvalue weighted by atomic mass is 9.99. The van der Waals surface area contributed by atoms with Crippen LogP contribution < -0.4 is 5.32 Å². The molecule has 2 aliphatic carbocycles. The van der Waals surface area contributed by atoms with Crippen LogP contribution >= 0.6 is 0 Å². The SMILES string of the molecule is CCC(CC1CC1)NCC1CCCCCC1. The van der Waals surface area contributed by atoms with E-state index in [0.29, 0.717) is 0 Å². The molecule has 0 bridgehead atoms. The Morgan fingerprint density at radius 3 is 2.19 bits per heavy atom. The highest BCUT2D eigenvalue weighted by atomic mass is 14.9. The van der Waals surface area contributed by atoms with E-state index in [1.165, 1.54) is 70.8 Å². The molecule has 2 aliphatic rings. The van der Waals surface area contributed by atoms with Crippen molar-refractivity contribution in [3.05, 3.63) is 0 Å². The molecule has 16 heavy (non-hydrogen) atoms. The Bertz CT molecular complexity index is 176. The maximum absolute atomic E-state index is 3.84. The zero-order valence-corrected chi connectivity index (χ0v) is 11.0. The third kappa shape index (κ3) is 4.45. The molecule has 1 N–H and O–H groups in total. The summed E-state index contributed by atoms with van der Waals surface area (Å²) in [5.41, 5.74) is 0. The van der Waals surface area contributed by atoms with Crippen LogP contribution in [-0.2, 0) is 0 Å². The number of nitrogens with one attached hydrogen (secondary N) is 1. The molecule has 1 heteroatoms. The molecule has 2 saturated carbocycles. The van der Waals surface area contributed by atoms with Gasteiger partial charge in [0.1, 0.15) is 0 Å². The van der Waals surface area contributed by atoms with Crippen LogP contribution in [0.2, 0.25) is 0 Å². The van der Waals surface area contributed by atoms with E-state index in [9.17, 15) is 0 Å². The van der Waals surface area contributed by atoms with Crippen molar-refractivity contribution in [1.82, 2.24) is 5.32 Å². The zero-order chi connectivity index (χ0) is 11.2. The summed E-state index contributed by atoms with van der Waals surface area (Å²) in [4.78, 5) is 0. The minimum atomic E-state index is 0.816. The Balaban J connectivity index is 1.62. The van der Waals surface area contributed by atoms with E-state index in [1.807, 2.05) is 0 Å². The molecule has 0 heterocycles. The summed E-state index contributed by atoms with van der Waals surface area (Å²) in [5.74, 6) is 2.06. The fourth-order valence-electron chi connectivity index (χ4n) is 3.05. The van der Waals surface area contributed by atoms with Crippen LogP contribution in [0.1, 0.15) is 71.1 Å². The van der Waals surface area contributed by atoms with Crippen molar-refractivity contribution in [2.45, 2.75) is 77.2 Å². The maximum atomic E-state index is 3.84. The van der Waals surface area contributed by atoms with Gasteiger partial charge in [-0.3, -0.25) is 0 Å². The van der Waals surface area contributed by atoms with Crippen LogP contribution in [0.4, 0.5) is 0 Å². The van der Waals surface area contributed by atoms with Gasteiger partial charge in [-0.05, 0) is 44.1 Å². The molecule has 2 rings (SSSR count). The van der Waals surface area contributed by atoms with Crippen molar-refractivity contribution in [2.75, 3.05) is 6.54 Å². The van der Waals surface area contributed by atoms with Crippen LogP contribution in [0.5, 0.6) is 0 Å². The number of hydrogen-bond acceptors (Lipinski definition) is 1. The van der Waals surface area contributed by atoms with Crippen LogP contribution in [0, 0.1) is 11.8 Å². The van der Waals surface area contributed by atoms with Crippen LogP contribution in [0.3, 0.4) is 0 Å². The molecule has 1 atom stereocenters. The zero-order valence-electron chi connectivity index (χ0n) is 11.0. The summed E-state index contributed by atoms with van der Waals surface area (Å²) >= 11 is 0. The monoisotopic (exact) mass is 223 g/mol. The van der Waals surface area contributed by atoms with E-state index in [4.69, 9.17) is 0 Å². The van der Waals surface area contributed by atoms with Crippen molar-refractivity contribution in [3.8, 4) is 0 Å². The van der Waals surface area contributed by atoms with Gasteiger partial charge in [0.2, 0.25) is 0 Å². The van der Waals surface area contributed by atoms with E-state index in [1.54, 1.807) is 0 Å². The molecule has 0 aromatic carbocycles. The van der Waals surface area contributed by atoms with Gasteiger partial charge in [0.15, 0.2) is 0 Å². The Hall–Kier alpha value is -0.0400. The molecule has 0 aliphatic heterocycles. The largest absolute Gasteiger partial charge is 0.314 e. The highest BCUT2D eigenvalue weighted by Gasteiger charge is 2.24. The molecule has 0 aromatic heterocycles. The molecule has 0 radical (unpaired) electrons. The molecule has 1 unspecified atom stereocenters. The first kappa shape index (κ1) is 12.4. The summed E-state index contributed by atoms with van der Waals surface area (Å²) < 4.78 is 0. The Morgan fingerprint density at radius 1 is 0.938 bits per heavy atom. The normalized spacial score (nSPS) is 25.3. The average Bonchev–Trinajstić information content (AvgIpc) is 3.11. The van der Waals surface area contributed by atoms with Crippen LogP contribution in [0.15, 0.2) is 0 Å². The molecule has 0 aromatic rings. The van der Waals surface area contributed by atoms with Gasteiger partial charge in [-0.25, -0.2) is 0 Å². The maximum Gasteiger partial charge on any atom is 0.00671 e. The predicted molar refractivity (Wildman–Crippen MR) is 70.6 cm³/mol. The Kier molecular flexibility index (Phi) is 5.15. The summed E-state index contributed by atoms with van der Waals surface area (Å²) in [5, 5.41) is 3.84. The quantitative estimate of drug-likeness (QED) is 0.668. The summed E-state index contributed by atoms with van der Waals surface area (Å²) in [6.07, 6.45) is 14.7. The first-order valence-corrected chi connectivity index (χ1v) is 7.62. The minimum absolute atomic E-state index is 0.816. The highest BCUT2D eigenvalue weighted by Crippen LogP contribution is 2.34. The standard InChI is InChI=1S/C15H29N/c1-2-15(11-13-9-10-13)16-12-14-7-5-3-4-6-8-14/h13-16H,2-12H2,1H3. The molecular weight excluding hydrogens is 194 g/mol. The van der Waals surface area contributed by atoms with Crippen molar-refractivity contribution in [1.29, 1.82) is 0 Å². The molecular formula is C15H29N. The topological polar surface area (TPSA) is 12.0 Å². The van der Waals surface area contributed by atoms with Gasteiger partial charge >= 0.3 is 0 Å². The molecule has 0 amide bonds. The Labute approximate surface area is 101 Å². The second kappa shape index (κ2) is 6.64. The summed E-state index contributed by atoms with van der Waals surface area (Å²) in [7, 11) is 0. The first-order chi connectivity index (χ1) is 7.88. The van der Waals surface area contributed by atoms with E-state index < -0.39 is 0 Å². The van der Waals surface area contributed by atoms with Gasteiger partial charge in [0.25, 0.3) is 0 Å². The lowest BCUT2D eigenvalue weighted by molar-refractivity contribution is 0.367. The average molecular weight is 223 g/mol. The van der Waals surface area contributed by atoms with Crippen molar-refractivity contribution >= 4 is 0 Å². The molecule has 0 saturated heterocycles. The van der Waals surface area contributed by atoms with E-state index in [-0.39, 0.29) is 0 Å². The van der Waals surface area contributed by atoms with Gasteiger partial charge < -0.3 is 5.32 Å². The Morgan fingerprint density at radius 2 is 1.62 bits per heavy atom. The van der Waals surface area contributed by atoms with Crippen molar-refractivity contribution in [2.24, 2.45) is 11.8 Å². The van der Waals surface area contributed by atoms with E-state index >= 15 is 0 Å². The highest BCUT2D eigenvalue weighted by molar-refractivity contribution is 4.80. The lowest BCUT2D eigenvalue weighted by Crippen LogP contribution is -2.33. The molecule has 1 nitrogen and oxygen atoms in total. The fourth-order valence-corrected chi connectivity index (χ4v) is 3.05. The minimum Gasteiger partial charge on any atom is -0.314 e. The van der Waals surface area contributed by atoms with Crippen molar-refractivity contribution < 1.29 is 0 Å². The van der Waals surface area contributed by atoms with Crippen molar-refractivity contribution in [3.63, 3.8) is 0 Å². The van der Waals surface area contributed by atoms with Gasteiger partial charge in [-0.15, -0.1) is 0 Å². The predicted octanol–water partition coefficient (Wildman–Crippen LogP) is 4.13. The summed E-state index contributed by atoms with van der Waals surface area (Å²) in [6.45, 7) is 3.64. The molecule has 0 spiro atoms. The third-order valence-electron chi connectivity index (χ3n) is 4.48. The number of hydrogen-bond donors (Lipinski definition) is 1. The summed E-state index contributed by atoms with van der Waals surface area (Å²) in [6, 6.07) is 0.816. The molecule has 2 fully saturated rings. The van der Waals surface area contributed by atoms with Gasteiger partial charge in [-0.2, -0.15) is 0 Å². The van der Waals surface area contributed by atoms with Gasteiger partial charge in [0.05, 0.1) is 0 Å². The second-order valence-corrected chi connectivity index (χ2v) is 6.05. The third-order valence-corrected chi connectivity index (χ3v) is 4.48. The van der Waals surface area contributed by atoms with Crippen LogP contribution in [0.25, 0.3) is 0 Å². The number of rotatable bonds is 6. The van der Waals surface area contributed by atoms with E-state index in [2.05, 4.69) is 12.2 Å². The van der Waals surface area contributed by atoms with E-state index in [0.717, 1.165) is 17.9 Å². The molecule has 94 valence electrons. The van der Waals surface area contributed by atoms with Gasteiger partial charge in [-0.1, -0.05) is 45.4 Å².